The maximum Gasteiger partial charge on any atom is 0.150 e. The number of hydrogen-bond acceptors (Lipinski definition) is 4. The lowest BCUT2D eigenvalue weighted by molar-refractivity contribution is 0.424. The van der Waals surface area contributed by atoms with Gasteiger partial charge in [-0.2, -0.15) is 5.10 Å². The third-order valence-corrected chi connectivity index (χ3v) is 5.68. The van der Waals surface area contributed by atoms with E-state index < -0.39 is 9.84 Å². The van der Waals surface area contributed by atoms with Crippen LogP contribution >= 0.6 is 0 Å². The summed E-state index contributed by atoms with van der Waals surface area (Å²) in [5.74, 6) is 1.03. The lowest BCUT2D eigenvalue weighted by atomic mass is 9.96. The molecule has 1 aromatic rings. The zero-order chi connectivity index (χ0) is 13.9. The highest BCUT2D eigenvalue weighted by Gasteiger charge is 2.29. The molecule has 108 valence electrons. The van der Waals surface area contributed by atoms with E-state index in [-0.39, 0.29) is 0 Å². The number of nitrogens with zero attached hydrogens (tertiary/aromatic N) is 2. The first-order valence-corrected chi connectivity index (χ1v) is 8.73. The molecule has 19 heavy (non-hydrogen) atoms. The van der Waals surface area contributed by atoms with E-state index in [1.807, 2.05) is 17.9 Å². The molecule has 1 N–H and O–H groups in total. The summed E-state index contributed by atoms with van der Waals surface area (Å²) in [6.45, 7) is 2.95. The van der Waals surface area contributed by atoms with E-state index >= 15 is 0 Å². The van der Waals surface area contributed by atoms with E-state index in [9.17, 15) is 8.42 Å². The zero-order valence-corrected chi connectivity index (χ0v) is 12.5. The van der Waals surface area contributed by atoms with Gasteiger partial charge in [0.2, 0.25) is 0 Å². The number of hydrogen-bond donors (Lipinski definition) is 1. The predicted molar refractivity (Wildman–Crippen MR) is 75.8 cm³/mol. The summed E-state index contributed by atoms with van der Waals surface area (Å²) in [4.78, 5) is 0. The molecule has 2 atom stereocenters. The van der Waals surface area contributed by atoms with Crippen LogP contribution in [-0.2, 0) is 22.8 Å². The van der Waals surface area contributed by atoms with Crippen molar-refractivity contribution in [3.8, 4) is 0 Å². The lowest BCUT2D eigenvalue weighted by Crippen LogP contribution is -2.30. The van der Waals surface area contributed by atoms with Gasteiger partial charge < -0.3 is 5.32 Å². The molecule has 1 fully saturated rings. The Balaban J connectivity index is 1.90. The van der Waals surface area contributed by atoms with Crippen LogP contribution in [0.4, 0.5) is 0 Å². The fourth-order valence-electron chi connectivity index (χ4n) is 2.73. The van der Waals surface area contributed by atoms with E-state index in [4.69, 9.17) is 0 Å². The molecule has 1 aromatic heterocycles. The van der Waals surface area contributed by atoms with Crippen molar-refractivity contribution in [1.82, 2.24) is 15.1 Å². The summed E-state index contributed by atoms with van der Waals surface area (Å²) >= 11 is 0. The fraction of sp³-hybridized carbons (Fsp3) is 0.769. The van der Waals surface area contributed by atoms with Gasteiger partial charge >= 0.3 is 0 Å². The van der Waals surface area contributed by atoms with E-state index in [1.54, 1.807) is 0 Å². The van der Waals surface area contributed by atoms with Crippen LogP contribution in [0.3, 0.4) is 0 Å². The highest BCUT2D eigenvalue weighted by molar-refractivity contribution is 7.91. The average Bonchev–Trinajstić information content (AvgIpc) is 2.95. The van der Waals surface area contributed by atoms with Crippen molar-refractivity contribution in [1.29, 1.82) is 0 Å². The second kappa shape index (κ2) is 6.05. The highest BCUT2D eigenvalue weighted by Crippen LogP contribution is 2.23. The average molecular weight is 285 g/mol. The molecular weight excluding hydrogens is 262 g/mol. The van der Waals surface area contributed by atoms with Crippen molar-refractivity contribution >= 4 is 9.84 Å². The Labute approximate surface area is 115 Å². The highest BCUT2D eigenvalue weighted by atomic mass is 32.2. The molecule has 2 rings (SSSR count). The van der Waals surface area contributed by atoms with E-state index in [0.717, 1.165) is 25.8 Å². The van der Waals surface area contributed by atoms with Gasteiger partial charge in [-0.3, -0.25) is 4.68 Å². The molecule has 0 radical (unpaired) electrons. The summed E-state index contributed by atoms with van der Waals surface area (Å²) in [6.07, 6.45) is 6.61. The first kappa shape index (κ1) is 14.5. The Hall–Kier alpha value is -0.880. The topological polar surface area (TPSA) is 64.0 Å². The molecule has 2 heterocycles. The van der Waals surface area contributed by atoms with Gasteiger partial charge in [0, 0.05) is 18.8 Å². The smallest absolute Gasteiger partial charge is 0.150 e. The van der Waals surface area contributed by atoms with Crippen LogP contribution in [0.25, 0.3) is 0 Å². The van der Waals surface area contributed by atoms with E-state index in [0.29, 0.717) is 23.5 Å². The van der Waals surface area contributed by atoms with E-state index in [2.05, 4.69) is 23.5 Å². The molecule has 0 spiro atoms. The molecule has 1 aliphatic heterocycles. The normalized spacial score (nSPS) is 23.6. The first-order chi connectivity index (χ1) is 9.02. The number of rotatable bonds is 6. The van der Waals surface area contributed by atoms with Crippen molar-refractivity contribution in [2.75, 3.05) is 18.6 Å². The van der Waals surface area contributed by atoms with Crippen LogP contribution in [0.1, 0.15) is 25.3 Å². The predicted octanol–water partition coefficient (Wildman–Crippen LogP) is 0.858. The molecule has 0 saturated carbocycles. The third kappa shape index (κ3) is 4.04. The van der Waals surface area contributed by atoms with Gasteiger partial charge in [0.05, 0.1) is 17.7 Å². The minimum Gasteiger partial charge on any atom is -0.317 e. The number of nitrogens with one attached hydrogen (secondary N) is 1. The molecular formula is C13H23N3O2S. The second-order valence-electron chi connectivity index (χ2n) is 5.40. The summed E-state index contributed by atoms with van der Waals surface area (Å²) in [5.41, 5.74) is 1.21. The maximum absolute atomic E-state index is 11.5. The van der Waals surface area contributed by atoms with Gasteiger partial charge in [0.25, 0.3) is 0 Å². The Kier molecular flexibility index (Phi) is 4.62. The van der Waals surface area contributed by atoms with Crippen LogP contribution in [0.2, 0.25) is 0 Å². The zero-order valence-electron chi connectivity index (χ0n) is 11.7. The molecule has 0 aliphatic carbocycles. The number of aromatic nitrogens is 2. The largest absolute Gasteiger partial charge is 0.317 e. The van der Waals surface area contributed by atoms with Crippen LogP contribution in [0.15, 0.2) is 12.4 Å². The maximum atomic E-state index is 11.5. The molecule has 1 saturated heterocycles. The summed E-state index contributed by atoms with van der Waals surface area (Å²) in [6, 6.07) is 0.327. The van der Waals surface area contributed by atoms with Crippen molar-refractivity contribution in [3.63, 3.8) is 0 Å². The Morgan fingerprint density at radius 2 is 2.37 bits per heavy atom. The van der Waals surface area contributed by atoms with Gasteiger partial charge in [-0.15, -0.1) is 0 Å². The summed E-state index contributed by atoms with van der Waals surface area (Å²) in [5, 5.41) is 7.57. The second-order valence-corrected chi connectivity index (χ2v) is 7.63. The molecule has 5 nitrogen and oxygen atoms in total. The standard InChI is InChI=1S/C13H23N3O2S/c1-3-16-9-12(8-15-16)7-13(14-2)6-11-4-5-19(17,18)10-11/h8-9,11,13-14H,3-7,10H2,1-2H3. The van der Waals surface area contributed by atoms with Crippen molar-refractivity contribution < 1.29 is 8.42 Å². The minimum absolute atomic E-state index is 0.309. The molecule has 0 bridgehead atoms. The first-order valence-electron chi connectivity index (χ1n) is 6.91. The van der Waals surface area contributed by atoms with Crippen LogP contribution in [-0.4, -0.2) is 42.8 Å². The summed E-state index contributed by atoms with van der Waals surface area (Å²) in [7, 11) is -0.823. The van der Waals surface area contributed by atoms with Crippen molar-refractivity contribution in [2.45, 2.75) is 38.8 Å². The number of sulfone groups is 1. The quantitative estimate of drug-likeness (QED) is 0.842. The monoisotopic (exact) mass is 285 g/mol. The molecule has 0 aromatic carbocycles. The van der Waals surface area contributed by atoms with Crippen molar-refractivity contribution in [3.05, 3.63) is 18.0 Å². The van der Waals surface area contributed by atoms with Crippen LogP contribution in [0, 0.1) is 5.92 Å². The van der Waals surface area contributed by atoms with E-state index in [1.165, 1.54) is 5.56 Å². The minimum atomic E-state index is -2.77. The van der Waals surface area contributed by atoms with Gasteiger partial charge in [-0.05, 0) is 44.7 Å². The van der Waals surface area contributed by atoms with Crippen molar-refractivity contribution in [2.24, 2.45) is 5.92 Å². The summed E-state index contributed by atoms with van der Waals surface area (Å²) < 4.78 is 24.9. The Morgan fingerprint density at radius 1 is 1.58 bits per heavy atom. The Morgan fingerprint density at radius 3 is 2.89 bits per heavy atom. The van der Waals surface area contributed by atoms with Crippen LogP contribution < -0.4 is 5.32 Å². The molecule has 6 heteroatoms. The number of likely N-dealkylation sites (N-methyl/N-ethyl adjacent to an activating group) is 1. The SMILES string of the molecule is CCn1cc(CC(CC2CCS(=O)(=O)C2)NC)cn1. The Bertz CT molecular complexity index is 510. The fourth-order valence-corrected chi connectivity index (χ4v) is 4.61. The van der Waals surface area contributed by atoms with Gasteiger partial charge in [-0.1, -0.05) is 0 Å². The van der Waals surface area contributed by atoms with Gasteiger partial charge in [0.15, 0.2) is 9.84 Å². The molecule has 1 aliphatic rings. The number of aryl methyl sites for hydroxylation is 1. The lowest BCUT2D eigenvalue weighted by Gasteiger charge is -2.18. The van der Waals surface area contributed by atoms with Gasteiger partial charge in [0.1, 0.15) is 0 Å². The molecule has 2 unspecified atom stereocenters. The van der Waals surface area contributed by atoms with Crippen LogP contribution in [0.5, 0.6) is 0 Å². The van der Waals surface area contributed by atoms with Gasteiger partial charge in [-0.25, -0.2) is 8.42 Å². The third-order valence-electron chi connectivity index (χ3n) is 3.85. The molecule has 0 amide bonds.